The summed E-state index contributed by atoms with van der Waals surface area (Å²) in [5.74, 6) is 1.69. The molecule has 0 amide bonds. The molecule has 3 heteroatoms. The normalized spacial score (nSPS) is 13.0. The van der Waals surface area contributed by atoms with E-state index in [9.17, 15) is 0 Å². The average Bonchev–Trinajstić information content (AvgIpc) is 2.40. The van der Waals surface area contributed by atoms with E-state index in [1.54, 1.807) is 0 Å². The molecule has 0 aliphatic carbocycles. The molecular weight excluding hydrogens is 260 g/mol. The Bertz CT molecular complexity index is 418. The molecule has 0 heterocycles. The first-order valence-electron chi connectivity index (χ1n) is 8.15. The Morgan fingerprint density at radius 1 is 1.19 bits per heavy atom. The highest BCUT2D eigenvalue weighted by Crippen LogP contribution is 2.25. The van der Waals surface area contributed by atoms with Crippen LogP contribution >= 0.6 is 0 Å². The van der Waals surface area contributed by atoms with Crippen molar-refractivity contribution >= 4 is 0 Å². The van der Waals surface area contributed by atoms with Gasteiger partial charge in [0.1, 0.15) is 5.75 Å². The van der Waals surface area contributed by atoms with Gasteiger partial charge in [0.05, 0.1) is 6.61 Å². The number of benzene rings is 1. The van der Waals surface area contributed by atoms with Crippen LogP contribution in [0.4, 0.5) is 0 Å². The maximum atomic E-state index is 5.79. The molecule has 0 saturated heterocycles. The first-order chi connectivity index (χ1) is 9.97. The van der Waals surface area contributed by atoms with Crippen molar-refractivity contribution in [1.82, 2.24) is 10.2 Å². The Morgan fingerprint density at radius 2 is 1.90 bits per heavy atom. The molecule has 0 saturated carbocycles. The average molecular weight is 292 g/mol. The second kappa shape index (κ2) is 9.06. The summed E-state index contributed by atoms with van der Waals surface area (Å²) in [6.45, 7) is 14.6. The van der Waals surface area contributed by atoms with Gasteiger partial charge in [0.25, 0.3) is 0 Å². The van der Waals surface area contributed by atoms with E-state index >= 15 is 0 Å². The largest absolute Gasteiger partial charge is 0.494 e. The topological polar surface area (TPSA) is 24.5 Å². The zero-order chi connectivity index (χ0) is 15.8. The second-order valence-corrected chi connectivity index (χ2v) is 6.17. The van der Waals surface area contributed by atoms with Gasteiger partial charge in [0.2, 0.25) is 0 Å². The predicted octanol–water partition coefficient (Wildman–Crippen LogP) is 3.84. The molecule has 1 unspecified atom stereocenters. The van der Waals surface area contributed by atoms with Gasteiger partial charge in [-0.05, 0) is 51.1 Å². The molecule has 3 nitrogen and oxygen atoms in total. The Hall–Kier alpha value is -1.06. The zero-order valence-corrected chi connectivity index (χ0v) is 14.6. The van der Waals surface area contributed by atoms with Gasteiger partial charge < -0.3 is 15.0 Å². The first-order valence-corrected chi connectivity index (χ1v) is 8.15. The summed E-state index contributed by atoms with van der Waals surface area (Å²) >= 11 is 0. The molecule has 1 aromatic rings. The number of hydrogen-bond acceptors (Lipinski definition) is 3. The summed E-state index contributed by atoms with van der Waals surface area (Å²) in [5, 5.41) is 3.47. The van der Waals surface area contributed by atoms with Crippen molar-refractivity contribution in [3.05, 3.63) is 29.3 Å². The highest BCUT2D eigenvalue weighted by molar-refractivity contribution is 5.38. The van der Waals surface area contributed by atoms with E-state index in [0.717, 1.165) is 25.4 Å². The number of nitrogens with one attached hydrogen (secondary N) is 1. The van der Waals surface area contributed by atoms with E-state index in [1.807, 2.05) is 6.92 Å². The third kappa shape index (κ3) is 6.06. The van der Waals surface area contributed by atoms with Gasteiger partial charge in [-0.2, -0.15) is 0 Å². The van der Waals surface area contributed by atoms with Crippen molar-refractivity contribution in [2.24, 2.45) is 5.92 Å². The van der Waals surface area contributed by atoms with E-state index in [0.29, 0.717) is 18.6 Å². The van der Waals surface area contributed by atoms with Crippen molar-refractivity contribution in [2.75, 3.05) is 26.7 Å². The van der Waals surface area contributed by atoms with Crippen LogP contribution in [0.3, 0.4) is 0 Å². The fraction of sp³-hybridized carbons (Fsp3) is 0.667. The lowest BCUT2D eigenvalue weighted by atomic mass is 10.0. The number of hydrogen-bond donors (Lipinski definition) is 1. The van der Waals surface area contributed by atoms with Gasteiger partial charge in [-0.25, -0.2) is 0 Å². The fourth-order valence-electron chi connectivity index (χ4n) is 2.69. The quantitative estimate of drug-likeness (QED) is 0.748. The van der Waals surface area contributed by atoms with Crippen molar-refractivity contribution in [3.8, 4) is 5.75 Å². The van der Waals surface area contributed by atoms with Crippen LogP contribution in [0.25, 0.3) is 0 Å². The Morgan fingerprint density at radius 3 is 2.48 bits per heavy atom. The summed E-state index contributed by atoms with van der Waals surface area (Å²) in [6, 6.07) is 6.95. The van der Waals surface area contributed by atoms with Gasteiger partial charge >= 0.3 is 0 Å². The van der Waals surface area contributed by atoms with Crippen molar-refractivity contribution in [1.29, 1.82) is 0 Å². The minimum absolute atomic E-state index is 0.375. The fourth-order valence-corrected chi connectivity index (χ4v) is 2.69. The van der Waals surface area contributed by atoms with E-state index in [4.69, 9.17) is 4.74 Å². The molecule has 0 aromatic heterocycles. The lowest BCUT2D eigenvalue weighted by Crippen LogP contribution is -2.23. The molecular formula is C18H32N2O. The van der Waals surface area contributed by atoms with Crippen molar-refractivity contribution in [3.63, 3.8) is 0 Å². The Balaban J connectivity index is 2.92. The van der Waals surface area contributed by atoms with Crippen LogP contribution in [-0.4, -0.2) is 31.6 Å². The van der Waals surface area contributed by atoms with E-state index in [-0.39, 0.29) is 0 Å². The number of nitrogens with zero attached hydrogens (tertiary/aromatic N) is 1. The lowest BCUT2D eigenvalue weighted by Gasteiger charge is -2.22. The van der Waals surface area contributed by atoms with Gasteiger partial charge in [0, 0.05) is 24.7 Å². The summed E-state index contributed by atoms with van der Waals surface area (Å²) in [6.07, 6.45) is 0. The zero-order valence-electron chi connectivity index (χ0n) is 14.6. The van der Waals surface area contributed by atoms with E-state index < -0.39 is 0 Å². The number of ether oxygens (including phenoxy) is 1. The lowest BCUT2D eigenvalue weighted by molar-refractivity contribution is 0.277. The van der Waals surface area contributed by atoms with Crippen molar-refractivity contribution in [2.45, 2.75) is 47.2 Å². The standard InChI is InChI=1S/C18H32N2O/c1-7-19-15(5)16-9-10-18(21-8-2)17(11-16)13-20(6)12-14(3)4/h9-11,14-15,19H,7-8,12-13H2,1-6H3. The van der Waals surface area contributed by atoms with Crippen molar-refractivity contribution < 1.29 is 4.74 Å². The van der Waals surface area contributed by atoms with Crippen LogP contribution in [0.2, 0.25) is 0 Å². The third-order valence-corrected chi connectivity index (χ3v) is 3.51. The molecule has 1 rings (SSSR count). The molecule has 0 spiro atoms. The smallest absolute Gasteiger partial charge is 0.123 e. The molecule has 120 valence electrons. The molecule has 1 N–H and O–H groups in total. The summed E-state index contributed by atoms with van der Waals surface area (Å²) in [4.78, 5) is 2.37. The van der Waals surface area contributed by atoms with Gasteiger partial charge in [0.15, 0.2) is 0 Å². The van der Waals surface area contributed by atoms with Crippen LogP contribution in [0, 0.1) is 5.92 Å². The minimum Gasteiger partial charge on any atom is -0.494 e. The highest BCUT2D eigenvalue weighted by atomic mass is 16.5. The van der Waals surface area contributed by atoms with E-state index in [1.165, 1.54) is 11.1 Å². The molecule has 1 atom stereocenters. The predicted molar refractivity (Wildman–Crippen MR) is 90.9 cm³/mol. The summed E-state index contributed by atoms with van der Waals surface area (Å²) in [5.41, 5.74) is 2.61. The maximum Gasteiger partial charge on any atom is 0.123 e. The second-order valence-electron chi connectivity index (χ2n) is 6.17. The monoisotopic (exact) mass is 292 g/mol. The Labute approximate surface area is 130 Å². The first kappa shape index (κ1) is 18.0. The number of rotatable bonds is 9. The van der Waals surface area contributed by atoms with Gasteiger partial charge in [-0.1, -0.05) is 26.8 Å². The van der Waals surface area contributed by atoms with Crippen LogP contribution in [0.15, 0.2) is 18.2 Å². The van der Waals surface area contributed by atoms with Gasteiger partial charge in [-0.15, -0.1) is 0 Å². The van der Waals surface area contributed by atoms with Crippen LogP contribution < -0.4 is 10.1 Å². The molecule has 0 aliphatic rings. The highest BCUT2D eigenvalue weighted by Gasteiger charge is 2.12. The SMILES string of the molecule is CCNC(C)c1ccc(OCC)c(CN(C)CC(C)C)c1. The maximum absolute atomic E-state index is 5.79. The molecule has 0 radical (unpaired) electrons. The van der Waals surface area contributed by atoms with Crippen LogP contribution in [0.5, 0.6) is 5.75 Å². The minimum atomic E-state index is 0.375. The summed E-state index contributed by atoms with van der Waals surface area (Å²) < 4.78 is 5.79. The van der Waals surface area contributed by atoms with Crippen LogP contribution in [0.1, 0.15) is 51.8 Å². The summed E-state index contributed by atoms with van der Waals surface area (Å²) in [7, 11) is 2.18. The molecule has 1 aromatic carbocycles. The van der Waals surface area contributed by atoms with Gasteiger partial charge in [-0.3, -0.25) is 0 Å². The molecule has 0 fully saturated rings. The molecule has 0 aliphatic heterocycles. The third-order valence-electron chi connectivity index (χ3n) is 3.51. The Kier molecular flexibility index (Phi) is 7.76. The van der Waals surface area contributed by atoms with E-state index in [2.05, 4.69) is 63.2 Å². The molecule has 21 heavy (non-hydrogen) atoms. The molecule has 0 bridgehead atoms. The van der Waals surface area contributed by atoms with Crippen LogP contribution in [-0.2, 0) is 6.54 Å².